The quantitative estimate of drug-likeness (QED) is 0.844. The number of ether oxygens (including phenoxy) is 2. The van der Waals surface area contributed by atoms with Gasteiger partial charge in [-0.25, -0.2) is 4.98 Å². The van der Waals surface area contributed by atoms with Crippen LogP contribution < -0.4 is 10.2 Å². The van der Waals surface area contributed by atoms with Crippen LogP contribution in [0.5, 0.6) is 0 Å². The maximum Gasteiger partial charge on any atom is 0.257 e. The van der Waals surface area contributed by atoms with Crippen molar-refractivity contribution in [3.8, 4) is 0 Å². The van der Waals surface area contributed by atoms with Crippen LogP contribution in [0.4, 0.5) is 11.5 Å². The Labute approximate surface area is 172 Å². The first-order valence-corrected chi connectivity index (χ1v) is 10.4. The van der Waals surface area contributed by atoms with Crippen LogP contribution in [0.25, 0.3) is 0 Å². The van der Waals surface area contributed by atoms with E-state index in [9.17, 15) is 4.79 Å². The zero-order valence-corrected chi connectivity index (χ0v) is 17.4. The smallest absolute Gasteiger partial charge is 0.257 e. The van der Waals surface area contributed by atoms with E-state index in [0.29, 0.717) is 24.7 Å². The topological polar surface area (TPSA) is 63.7 Å². The fourth-order valence-corrected chi connectivity index (χ4v) is 4.10. The maximum atomic E-state index is 12.8. The molecule has 0 radical (unpaired) electrons. The van der Waals surface area contributed by atoms with Gasteiger partial charge in [0.2, 0.25) is 0 Å². The van der Waals surface area contributed by atoms with Crippen LogP contribution in [0.3, 0.4) is 0 Å². The molecule has 2 aliphatic heterocycles. The molecule has 1 aromatic heterocycles. The number of carbonyl (C=O) groups excluding carboxylic acids is 1. The second-order valence-corrected chi connectivity index (χ2v) is 8.15. The number of amides is 1. The first-order valence-electron chi connectivity index (χ1n) is 10.4. The lowest BCUT2D eigenvalue weighted by molar-refractivity contribution is -0.169. The van der Waals surface area contributed by atoms with Crippen molar-refractivity contribution in [2.75, 3.05) is 36.5 Å². The van der Waals surface area contributed by atoms with Crippen molar-refractivity contribution < 1.29 is 14.3 Å². The third-order valence-corrected chi connectivity index (χ3v) is 5.84. The zero-order chi connectivity index (χ0) is 20.4. The molecule has 0 unspecified atom stereocenters. The highest BCUT2D eigenvalue weighted by molar-refractivity contribution is 6.05. The molecule has 2 fully saturated rings. The average molecular weight is 396 g/mol. The Hall–Kier alpha value is -2.44. The van der Waals surface area contributed by atoms with Crippen LogP contribution >= 0.6 is 0 Å². The first kappa shape index (κ1) is 19.9. The molecule has 1 spiro atoms. The van der Waals surface area contributed by atoms with E-state index in [0.717, 1.165) is 48.6 Å². The third-order valence-electron chi connectivity index (χ3n) is 5.84. The standard InChI is InChI=1S/C23H29N3O3/c1-16(2)19-6-4-5-17(3)21(19)25-22(27)18-7-8-20(24-15-18)26-11-9-23(10-12-26)28-13-14-29-23/h4-8,15-16H,9-14H2,1-3H3,(H,25,27). The molecule has 2 aliphatic rings. The van der Waals surface area contributed by atoms with Gasteiger partial charge < -0.3 is 19.7 Å². The maximum absolute atomic E-state index is 12.8. The van der Waals surface area contributed by atoms with Crippen molar-refractivity contribution >= 4 is 17.4 Å². The van der Waals surface area contributed by atoms with Gasteiger partial charge in [-0.1, -0.05) is 32.0 Å². The predicted octanol–water partition coefficient (Wildman–Crippen LogP) is 4.11. The number of para-hydroxylation sites is 1. The molecule has 2 aromatic rings. The lowest BCUT2D eigenvalue weighted by Crippen LogP contribution is -2.45. The van der Waals surface area contributed by atoms with E-state index in [-0.39, 0.29) is 5.91 Å². The van der Waals surface area contributed by atoms with Gasteiger partial charge in [-0.05, 0) is 36.1 Å². The van der Waals surface area contributed by atoms with E-state index in [1.54, 1.807) is 6.20 Å². The molecule has 6 heteroatoms. The molecule has 1 N–H and O–H groups in total. The minimum absolute atomic E-state index is 0.134. The Morgan fingerprint density at radius 3 is 2.48 bits per heavy atom. The molecule has 0 bridgehead atoms. The number of nitrogens with zero attached hydrogens (tertiary/aromatic N) is 2. The third kappa shape index (κ3) is 4.14. The van der Waals surface area contributed by atoms with Crippen LogP contribution in [-0.4, -0.2) is 43.0 Å². The number of nitrogens with one attached hydrogen (secondary N) is 1. The number of benzene rings is 1. The Bertz CT molecular complexity index is 863. The van der Waals surface area contributed by atoms with Gasteiger partial charge in [0.15, 0.2) is 5.79 Å². The molecule has 0 saturated carbocycles. The Kier molecular flexibility index (Phi) is 5.56. The van der Waals surface area contributed by atoms with Crippen molar-refractivity contribution in [3.05, 3.63) is 53.2 Å². The lowest BCUT2D eigenvalue weighted by atomic mass is 9.98. The fraction of sp³-hybridized carbons (Fsp3) is 0.478. The van der Waals surface area contributed by atoms with E-state index in [2.05, 4.69) is 35.1 Å². The molecular formula is C23H29N3O3. The number of anilines is 2. The van der Waals surface area contributed by atoms with Crippen molar-refractivity contribution in [1.82, 2.24) is 4.98 Å². The molecule has 154 valence electrons. The SMILES string of the molecule is Cc1cccc(C(C)C)c1NC(=O)c1ccc(N2CCC3(CC2)OCCO3)nc1. The highest BCUT2D eigenvalue weighted by atomic mass is 16.7. The zero-order valence-electron chi connectivity index (χ0n) is 17.4. The minimum atomic E-state index is -0.391. The van der Waals surface area contributed by atoms with Gasteiger partial charge in [-0.15, -0.1) is 0 Å². The molecule has 4 rings (SSSR count). The summed E-state index contributed by atoms with van der Waals surface area (Å²) >= 11 is 0. The van der Waals surface area contributed by atoms with Gasteiger partial charge in [0.1, 0.15) is 5.82 Å². The summed E-state index contributed by atoms with van der Waals surface area (Å²) in [6, 6.07) is 9.88. The van der Waals surface area contributed by atoms with Crippen molar-refractivity contribution in [2.45, 2.75) is 45.3 Å². The molecule has 1 amide bonds. The first-order chi connectivity index (χ1) is 14.0. The molecular weight excluding hydrogens is 366 g/mol. The summed E-state index contributed by atoms with van der Waals surface area (Å²) in [5.41, 5.74) is 3.66. The number of piperidine rings is 1. The van der Waals surface area contributed by atoms with Crippen LogP contribution in [0.15, 0.2) is 36.5 Å². The summed E-state index contributed by atoms with van der Waals surface area (Å²) in [6.07, 6.45) is 3.33. The van der Waals surface area contributed by atoms with Crippen molar-refractivity contribution in [3.63, 3.8) is 0 Å². The summed E-state index contributed by atoms with van der Waals surface area (Å²) in [4.78, 5) is 19.6. The second-order valence-electron chi connectivity index (χ2n) is 8.15. The van der Waals surface area contributed by atoms with Gasteiger partial charge in [-0.3, -0.25) is 4.79 Å². The summed E-state index contributed by atoms with van der Waals surface area (Å²) in [5.74, 6) is 0.692. The van der Waals surface area contributed by atoms with E-state index >= 15 is 0 Å². The van der Waals surface area contributed by atoms with Crippen molar-refractivity contribution in [1.29, 1.82) is 0 Å². The lowest BCUT2D eigenvalue weighted by Gasteiger charge is -2.38. The average Bonchev–Trinajstić information content (AvgIpc) is 3.18. The number of pyridine rings is 1. The van der Waals surface area contributed by atoms with Crippen LogP contribution in [0.2, 0.25) is 0 Å². The summed E-state index contributed by atoms with van der Waals surface area (Å²) < 4.78 is 11.6. The molecule has 0 atom stereocenters. The minimum Gasteiger partial charge on any atom is -0.356 e. The number of aryl methyl sites for hydroxylation is 1. The fourth-order valence-electron chi connectivity index (χ4n) is 4.10. The number of aromatic nitrogens is 1. The molecule has 1 aromatic carbocycles. The monoisotopic (exact) mass is 395 g/mol. The van der Waals surface area contributed by atoms with Gasteiger partial charge in [-0.2, -0.15) is 0 Å². The molecule has 6 nitrogen and oxygen atoms in total. The van der Waals surface area contributed by atoms with E-state index in [1.165, 1.54) is 0 Å². The highest BCUT2D eigenvalue weighted by Gasteiger charge is 2.40. The van der Waals surface area contributed by atoms with Gasteiger partial charge >= 0.3 is 0 Å². The number of carbonyl (C=O) groups is 1. The second kappa shape index (κ2) is 8.13. The normalized spacial score (nSPS) is 18.4. The van der Waals surface area contributed by atoms with Gasteiger partial charge in [0.05, 0.1) is 18.8 Å². The van der Waals surface area contributed by atoms with E-state index in [1.807, 2.05) is 31.2 Å². The van der Waals surface area contributed by atoms with E-state index < -0.39 is 5.79 Å². The van der Waals surface area contributed by atoms with Crippen LogP contribution in [0.1, 0.15) is 54.1 Å². The van der Waals surface area contributed by atoms with Crippen LogP contribution in [0, 0.1) is 6.92 Å². The number of rotatable bonds is 4. The Morgan fingerprint density at radius 1 is 1.14 bits per heavy atom. The Balaban J connectivity index is 1.43. The molecule has 0 aliphatic carbocycles. The molecule has 29 heavy (non-hydrogen) atoms. The van der Waals surface area contributed by atoms with E-state index in [4.69, 9.17) is 9.47 Å². The summed E-state index contributed by atoms with van der Waals surface area (Å²) in [5, 5.41) is 3.08. The summed E-state index contributed by atoms with van der Waals surface area (Å²) in [6.45, 7) is 9.31. The van der Waals surface area contributed by atoms with Gasteiger partial charge in [0, 0.05) is 37.8 Å². The molecule has 3 heterocycles. The molecule has 2 saturated heterocycles. The predicted molar refractivity (Wildman–Crippen MR) is 114 cm³/mol. The van der Waals surface area contributed by atoms with Crippen LogP contribution in [-0.2, 0) is 9.47 Å². The largest absolute Gasteiger partial charge is 0.356 e. The highest BCUT2D eigenvalue weighted by Crippen LogP contribution is 2.33. The Morgan fingerprint density at radius 2 is 1.86 bits per heavy atom. The van der Waals surface area contributed by atoms with Gasteiger partial charge in [0.25, 0.3) is 5.91 Å². The van der Waals surface area contributed by atoms with Crippen molar-refractivity contribution in [2.24, 2.45) is 0 Å². The number of hydrogen-bond acceptors (Lipinski definition) is 5. The summed E-state index contributed by atoms with van der Waals surface area (Å²) in [7, 11) is 0. The number of hydrogen-bond donors (Lipinski definition) is 1.